The molecule has 1 amide bonds. The number of hydrogen-bond acceptors (Lipinski definition) is 5. The predicted octanol–water partition coefficient (Wildman–Crippen LogP) is 3.81. The number of rotatable bonds is 3. The molecule has 0 saturated carbocycles. The van der Waals surface area contributed by atoms with E-state index in [0.717, 1.165) is 40.1 Å². The number of aromatic nitrogens is 2. The number of fused-ring (bicyclic) bond motifs is 2. The molecule has 1 aliphatic rings. The molecule has 4 heterocycles. The van der Waals surface area contributed by atoms with Crippen molar-refractivity contribution in [3.8, 4) is 0 Å². The van der Waals surface area contributed by atoms with Crippen LogP contribution in [-0.2, 0) is 19.5 Å². The maximum Gasteiger partial charge on any atom is 0.264 e. The van der Waals surface area contributed by atoms with Gasteiger partial charge in [0.1, 0.15) is 10.7 Å². The largest absolute Gasteiger partial charge is 0.336 e. The molecule has 0 spiro atoms. The molecule has 0 N–H and O–H groups in total. The van der Waals surface area contributed by atoms with Crippen LogP contribution in [0.3, 0.4) is 0 Å². The lowest BCUT2D eigenvalue weighted by molar-refractivity contribution is 0.0790. The second-order valence-corrected chi connectivity index (χ2v) is 9.13. The van der Waals surface area contributed by atoms with E-state index in [0.29, 0.717) is 21.6 Å². The molecular weight excluding hydrogens is 422 g/mol. The Bertz CT molecular complexity index is 1050. The lowest BCUT2D eigenvalue weighted by Crippen LogP contribution is -2.25. The molecule has 0 bridgehead atoms. The fraction of sp³-hybridized carbons (Fsp3) is 0.353. The third-order valence-electron chi connectivity index (χ3n) is 4.47. The number of hydrogen-bond donors (Lipinski definition) is 0. The molecule has 0 atom stereocenters. The first-order chi connectivity index (χ1) is 12.0. The quantitative estimate of drug-likeness (QED) is 0.625. The second kappa shape index (κ2) is 6.34. The molecular formula is C17H16BrN3O2S2. The molecule has 0 aromatic carbocycles. The Hall–Kier alpha value is -1.51. The van der Waals surface area contributed by atoms with Gasteiger partial charge in [-0.3, -0.25) is 14.2 Å². The zero-order chi connectivity index (χ0) is 17.7. The highest BCUT2D eigenvalue weighted by Gasteiger charge is 2.25. The van der Waals surface area contributed by atoms with E-state index in [4.69, 9.17) is 0 Å². The lowest BCUT2D eigenvalue weighted by Gasteiger charge is -2.15. The van der Waals surface area contributed by atoms with Gasteiger partial charge in [-0.15, -0.1) is 22.7 Å². The van der Waals surface area contributed by atoms with E-state index in [1.807, 2.05) is 18.4 Å². The van der Waals surface area contributed by atoms with E-state index in [9.17, 15) is 9.59 Å². The molecule has 3 aromatic rings. The van der Waals surface area contributed by atoms with Crippen molar-refractivity contribution in [3.05, 3.63) is 47.4 Å². The molecule has 0 unspecified atom stereocenters. The van der Waals surface area contributed by atoms with E-state index in [1.54, 1.807) is 27.9 Å². The van der Waals surface area contributed by atoms with Crippen LogP contribution in [0.25, 0.3) is 10.2 Å². The van der Waals surface area contributed by atoms with Crippen LogP contribution in [0.1, 0.15) is 32.4 Å². The van der Waals surface area contributed by atoms with Gasteiger partial charge in [0.15, 0.2) is 0 Å². The summed E-state index contributed by atoms with van der Waals surface area (Å²) in [6, 6.07) is 2.02. The van der Waals surface area contributed by atoms with Crippen molar-refractivity contribution in [2.75, 3.05) is 7.05 Å². The van der Waals surface area contributed by atoms with E-state index in [2.05, 4.69) is 20.9 Å². The van der Waals surface area contributed by atoms with Crippen molar-refractivity contribution in [1.82, 2.24) is 14.5 Å². The molecule has 5 nitrogen and oxygen atoms in total. The summed E-state index contributed by atoms with van der Waals surface area (Å²) < 4.78 is 2.78. The third-order valence-corrected chi connectivity index (χ3v) is 7.32. The van der Waals surface area contributed by atoms with Gasteiger partial charge in [0.05, 0.1) is 16.8 Å². The number of carbonyl (C=O) groups is 1. The Morgan fingerprint density at radius 3 is 3.00 bits per heavy atom. The highest BCUT2D eigenvalue weighted by atomic mass is 79.9. The number of nitrogens with zero attached hydrogens (tertiary/aromatic N) is 3. The average molecular weight is 438 g/mol. The highest BCUT2D eigenvalue weighted by Crippen LogP contribution is 2.30. The fourth-order valence-corrected chi connectivity index (χ4v) is 5.88. The standard InChI is InChI=1S/C17H16BrN3O2S2/c1-9-13-15(19-12-4-3-5-21(12)16(13)22)25-14(9)17(23)20(2)7-11-6-10(18)8-24-11/h6,8H,3-5,7H2,1-2H3. The highest BCUT2D eigenvalue weighted by molar-refractivity contribution is 9.10. The van der Waals surface area contributed by atoms with Crippen LogP contribution in [0.4, 0.5) is 0 Å². The molecule has 0 saturated heterocycles. The summed E-state index contributed by atoms with van der Waals surface area (Å²) in [4.78, 5) is 34.4. The Morgan fingerprint density at radius 2 is 2.28 bits per heavy atom. The normalized spacial score (nSPS) is 13.4. The number of aryl methyl sites for hydroxylation is 2. The van der Waals surface area contributed by atoms with Crippen LogP contribution in [0.2, 0.25) is 0 Å². The van der Waals surface area contributed by atoms with Crippen LogP contribution >= 0.6 is 38.6 Å². The number of carbonyl (C=O) groups excluding carboxylic acids is 1. The Morgan fingerprint density at radius 1 is 1.48 bits per heavy atom. The Balaban J connectivity index is 1.71. The monoisotopic (exact) mass is 437 g/mol. The van der Waals surface area contributed by atoms with Gasteiger partial charge in [-0.25, -0.2) is 4.98 Å². The van der Waals surface area contributed by atoms with Gasteiger partial charge < -0.3 is 4.90 Å². The van der Waals surface area contributed by atoms with E-state index in [-0.39, 0.29) is 11.5 Å². The van der Waals surface area contributed by atoms with Gasteiger partial charge >= 0.3 is 0 Å². The molecule has 0 radical (unpaired) electrons. The summed E-state index contributed by atoms with van der Waals surface area (Å²) in [5.74, 6) is 0.782. The van der Waals surface area contributed by atoms with Gasteiger partial charge in [-0.05, 0) is 40.9 Å². The summed E-state index contributed by atoms with van der Waals surface area (Å²) in [6.45, 7) is 3.13. The van der Waals surface area contributed by atoms with Crippen molar-refractivity contribution in [2.24, 2.45) is 0 Å². The summed E-state index contributed by atoms with van der Waals surface area (Å²) in [6.07, 6.45) is 1.79. The third kappa shape index (κ3) is 2.86. The lowest BCUT2D eigenvalue weighted by atomic mass is 10.2. The van der Waals surface area contributed by atoms with Gasteiger partial charge in [0, 0.05) is 34.7 Å². The Labute approximate surface area is 161 Å². The molecule has 0 fully saturated rings. The van der Waals surface area contributed by atoms with Crippen molar-refractivity contribution in [1.29, 1.82) is 0 Å². The van der Waals surface area contributed by atoms with E-state index in [1.165, 1.54) is 11.3 Å². The first-order valence-corrected chi connectivity index (χ1v) is 10.5. The summed E-state index contributed by atoms with van der Waals surface area (Å²) >= 11 is 6.38. The topological polar surface area (TPSA) is 55.2 Å². The van der Waals surface area contributed by atoms with Crippen LogP contribution < -0.4 is 5.56 Å². The summed E-state index contributed by atoms with van der Waals surface area (Å²) in [7, 11) is 1.79. The first kappa shape index (κ1) is 16.9. The second-order valence-electron chi connectivity index (χ2n) is 6.22. The number of amides is 1. The van der Waals surface area contributed by atoms with Crippen LogP contribution in [0.15, 0.2) is 20.7 Å². The van der Waals surface area contributed by atoms with Gasteiger partial charge in [-0.1, -0.05) is 0 Å². The molecule has 3 aromatic heterocycles. The molecule has 4 rings (SSSR count). The molecule has 8 heteroatoms. The number of thiophene rings is 2. The smallest absolute Gasteiger partial charge is 0.264 e. The van der Waals surface area contributed by atoms with Crippen LogP contribution in [-0.4, -0.2) is 27.4 Å². The van der Waals surface area contributed by atoms with Crippen molar-refractivity contribution in [2.45, 2.75) is 32.9 Å². The minimum atomic E-state index is -0.0606. The predicted molar refractivity (Wildman–Crippen MR) is 105 cm³/mol. The maximum atomic E-state index is 12.9. The summed E-state index contributed by atoms with van der Waals surface area (Å²) in [5.41, 5.74) is 0.749. The maximum absolute atomic E-state index is 12.9. The minimum Gasteiger partial charge on any atom is -0.336 e. The number of halogens is 1. The zero-order valence-corrected chi connectivity index (χ0v) is 17.1. The van der Waals surface area contributed by atoms with E-state index >= 15 is 0 Å². The zero-order valence-electron chi connectivity index (χ0n) is 13.8. The fourth-order valence-electron chi connectivity index (χ4n) is 3.19. The van der Waals surface area contributed by atoms with Crippen molar-refractivity contribution >= 4 is 54.7 Å². The molecule has 1 aliphatic heterocycles. The summed E-state index contributed by atoms with van der Waals surface area (Å²) in [5, 5.41) is 2.61. The van der Waals surface area contributed by atoms with Crippen molar-refractivity contribution in [3.63, 3.8) is 0 Å². The first-order valence-electron chi connectivity index (χ1n) is 7.97. The molecule has 130 valence electrons. The molecule has 0 aliphatic carbocycles. The average Bonchev–Trinajstić information content (AvgIpc) is 3.27. The van der Waals surface area contributed by atoms with E-state index < -0.39 is 0 Å². The van der Waals surface area contributed by atoms with Gasteiger partial charge in [-0.2, -0.15) is 0 Å². The van der Waals surface area contributed by atoms with Crippen LogP contribution in [0, 0.1) is 6.92 Å². The van der Waals surface area contributed by atoms with Gasteiger partial charge in [0.2, 0.25) is 0 Å². The van der Waals surface area contributed by atoms with Crippen molar-refractivity contribution < 1.29 is 4.79 Å². The SMILES string of the molecule is Cc1c(C(=O)N(C)Cc2cc(Br)cs2)sc2nc3n(c(=O)c12)CCC3. The van der Waals surface area contributed by atoms with Gasteiger partial charge in [0.25, 0.3) is 11.5 Å². The van der Waals surface area contributed by atoms with Crippen LogP contribution in [0.5, 0.6) is 0 Å². The minimum absolute atomic E-state index is 0.00450. The molecule has 25 heavy (non-hydrogen) atoms. The Kier molecular flexibility index (Phi) is 4.29.